The number of hydrogen-bond donors (Lipinski definition) is 0. The van der Waals surface area contributed by atoms with Crippen LogP contribution >= 0.6 is 0 Å². The maximum atomic E-state index is 10.2. The predicted octanol–water partition coefficient (Wildman–Crippen LogP) is 1.16. The van der Waals surface area contributed by atoms with E-state index in [1.54, 1.807) is 0 Å². The van der Waals surface area contributed by atoms with Crippen LogP contribution in [0.25, 0.3) is 0 Å². The van der Waals surface area contributed by atoms with Crippen LogP contribution in [0.1, 0.15) is 6.92 Å². The number of carbonyl (C=O) groups is 1. The lowest BCUT2D eigenvalue weighted by Gasteiger charge is -1.64. The molecule has 52 valence electrons. The number of nitrogens with zero attached hydrogens (tertiary/aromatic N) is 1. The van der Waals surface area contributed by atoms with Gasteiger partial charge in [0.2, 0.25) is 0 Å². The lowest BCUT2D eigenvalue weighted by Crippen LogP contribution is -1.77. The van der Waals surface area contributed by atoms with Crippen LogP contribution < -0.4 is 0 Å². The summed E-state index contributed by atoms with van der Waals surface area (Å²) in [6, 6.07) is 0. The molecule has 0 unspecified atom stereocenters. The maximum Gasteiger partial charge on any atom is 0.251 e. The summed E-state index contributed by atoms with van der Waals surface area (Å²) in [5.74, 6) is 1.88. The highest BCUT2D eigenvalue weighted by molar-refractivity contribution is 5.80. The van der Waals surface area contributed by atoms with Crippen molar-refractivity contribution < 1.29 is 4.79 Å². The summed E-state index contributed by atoms with van der Waals surface area (Å²) in [5.41, 5.74) is 11.8. The smallest absolute Gasteiger partial charge is 0.251 e. The minimum absolute atomic E-state index is 0.331. The van der Waals surface area contributed by atoms with Gasteiger partial charge in [0.25, 0.3) is 5.91 Å². The van der Waals surface area contributed by atoms with Gasteiger partial charge < -0.3 is 0 Å². The fourth-order valence-electron chi connectivity index (χ4n) is 0.241. The highest BCUT2D eigenvalue weighted by Crippen LogP contribution is 1.62. The van der Waals surface area contributed by atoms with Crippen molar-refractivity contribution >= 4 is 11.8 Å². The summed E-state index contributed by atoms with van der Waals surface area (Å²) in [6.07, 6.45) is 0. The molecule has 0 aromatic rings. The lowest BCUT2D eigenvalue weighted by molar-refractivity contribution is -0.115. The zero-order valence-electron chi connectivity index (χ0n) is 6.06. The molecule has 0 aromatic heterocycles. The standard InChI is InChI=1S/C9H5NO/c1-3-4-5-6-7-8-10-9(2)11/h1H2,2H3. The van der Waals surface area contributed by atoms with Gasteiger partial charge in [0, 0.05) is 18.4 Å². The van der Waals surface area contributed by atoms with Gasteiger partial charge in [0.1, 0.15) is 0 Å². The molecule has 0 aromatic carbocycles. The third kappa shape index (κ3) is 8.02. The molecule has 0 saturated carbocycles. The molecule has 0 aliphatic carbocycles. The normalized spacial score (nSPS) is 5.18. The van der Waals surface area contributed by atoms with Crippen LogP contribution in [0.5, 0.6) is 0 Å². The van der Waals surface area contributed by atoms with E-state index in [0.717, 1.165) is 0 Å². The lowest BCUT2D eigenvalue weighted by atomic mass is 10.7. The van der Waals surface area contributed by atoms with E-state index in [4.69, 9.17) is 0 Å². The van der Waals surface area contributed by atoms with Crippen molar-refractivity contribution in [1.82, 2.24) is 0 Å². The summed E-state index contributed by atoms with van der Waals surface area (Å²) < 4.78 is 0. The third-order valence-corrected chi connectivity index (χ3v) is 0.545. The summed E-state index contributed by atoms with van der Waals surface area (Å²) in [4.78, 5) is 13.4. The quantitative estimate of drug-likeness (QED) is 0.369. The molecule has 0 fully saturated rings. The van der Waals surface area contributed by atoms with Gasteiger partial charge in [-0.3, -0.25) is 4.79 Å². The topological polar surface area (TPSA) is 29.4 Å². The molecule has 2 heteroatoms. The van der Waals surface area contributed by atoms with Crippen LogP contribution in [0.2, 0.25) is 0 Å². The van der Waals surface area contributed by atoms with Crippen LogP contribution in [-0.2, 0) is 4.79 Å². The second-order valence-corrected chi connectivity index (χ2v) is 1.42. The number of carbonyl (C=O) groups excluding carboxylic acids is 1. The fourth-order valence-corrected chi connectivity index (χ4v) is 0.241. The molecule has 0 spiro atoms. The van der Waals surface area contributed by atoms with Gasteiger partial charge in [-0.1, -0.05) is 5.73 Å². The van der Waals surface area contributed by atoms with E-state index in [1.165, 1.54) is 6.92 Å². The molecule has 0 atom stereocenters. The summed E-state index contributed by atoms with van der Waals surface area (Å²) in [7, 11) is 0. The first-order chi connectivity index (χ1) is 5.27. The first kappa shape index (κ1) is 9.02. The zero-order chi connectivity index (χ0) is 8.53. The Morgan fingerprint density at radius 2 is 1.91 bits per heavy atom. The molecular formula is C9H5NO. The predicted molar refractivity (Wildman–Crippen MR) is 41.3 cm³/mol. The Morgan fingerprint density at radius 3 is 2.45 bits per heavy atom. The minimum atomic E-state index is -0.331. The molecule has 11 heavy (non-hydrogen) atoms. The van der Waals surface area contributed by atoms with Crippen LogP contribution in [0, 0.1) is 0 Å². The molecule has 0 rings (SSSR count). The second kappa shape index (κ2) is 6.14. The van der Waals surface area contributed by atoms with Crippen molar-refractivity contribution in [3.05, 3.63) is 35.2 Å². The van der Waals surface area contributed by atoms with Crippen LogP contribution in [0.15, 0.2) is 40.2 Å². The number of aliphatic imine (C=N–C) groups is 1. The molecular weight excluding hydrogens is 138 g/mol. The highest BCUT2D eigenvalue weighted by atomic mass is 16.1. The Morgan fingerprint density at radius 1 is 1.27 bits per heavy atom. The van der Waals surface area contributed by atoms with Crippen LogP contribution in [0.4, 0.5) is 0 Å². The van der Waals surface area contributed by atoms with Crippen molar-refractivity contribution in [2.24, 2.45) is 4.99 Å². The van der Waals surface area contributed by atoms with E-state index in [9.17, 15) is 4.79 Å². The van der Waals surface area contributed by atoms with Crippen molar-refractivity contribution in [1.29, 1.82) is 0 Å². The van der Waals surface area contributed by atoms with E-state index < -0.39 is 0 Å². The van der Waals surface area contributed by atoms with Gasteiger partial charge in [0.15, 0.2) is 0 Å². The van der Waals surface area contributed by atoms with Crippen molar-refractivity contribution in [2.45, 2.75) is 6.92 Å². The van der Waals surface area contributed by atoms with Crippen molar-refractivity contribution in [3.63, 3.8) is 0 Å². The molecule has 0 N–H and O–H groups in total. The van der Waals surface area contributed by atoms with Gasteiger partial charge in [-0.15, -0.1) is 0 Å². The summed E-state index contributed by atoms with van der Waals surface area (Å²) >= 11 is 0. The van der Waals surface area contributed by atoms with Gasteiger partial charge in [-0.25, -0.2) is 0 Å². The number of hydrogen-bond acceptors (Lipinski definition) is 1. The van der Waals surface area contributed by atoms with Gasteiger partial charge in [0.05, 0.1) is 5.87 Å². The van der Waals surface area contributed by atoms with E-state index in [0.29, 0.717) is 0 Å². The summed E-state index contributed by atoms with van der Waals surface area (Å²) in [5, 5.41) is 0. The molecule has 0 heterocycles. The SMILES string of the molecule is C=C=C=C=C=C=C=NC(C)=O. The summed E-state index contributed by atoms with van der Waals surface area (Å²) in [6.45, 7) is 4.56. The Labute approximate surface area is 64.6 Å². The maximum absolute atomic E-state index is 10.2. The highest BCUT2D eigenvalue weighted by Gasteiger charge is 1.74. The van der Waals surface area contributed by atoms with E-state index in [2.05, 4.69) is 46.1 Å². The minimum Gasteiger partial charge on any atom is -0.272 e. The van der Waals surface area contributed by atoms with Gasteiger partial charge in [-0.05, 0) is 18.0 Å². The Hall–Kier alpha value is -1.98. The first-order valence-corrected chi connectivity index (χ1v) is 2.75. The molecule has 2 nitrogen and oxygen atoms in total. The van der Waals surface area contributed by atoms with Crippen LogP contribution in [-0.4, -0.2) is 11.8 Å². The average molecular weight is 143 g/mol. The van der Waals surface area contributed by atoms with E-state index in [1.807, 2.05) is 0 Å². The Bertz CT molecular complexity index is 368. The van der Waals surface area contributed by atoms with Gasteiger partial charge >= 0.3 is 0 Å². The first-order valence-electron chi connectivity index (χ1n) is 2.75. The molecule has 0 aliphatic rings. The zero-order valence-corrected chi connectivity index (χ0v) is 6.06. The molecule has 1 amide bonds. The number of amides is 1. The Kier molecular flexibility index (Phi) is 5.04. The molecule has 0 aliphatic heterocycles. The third-order valence-electron chi connectivity index (χ3n) is 0.545. The van der Waals surface area contributed by atoms with E-state index >= 15 is 0 Å². The molecule has 0 radical (unpaired) electrons. The van der Waals surface area contributed by atoms with E-state index in [-0.39, 0.29) is 5.91 Å². The monoisotopic (exact) mass is 143 g/mol. The van der Waals surface area contributed by atoms with Gasteiger partial charge in [-0.2, -0.15) is 4.99 Å². The van der Waals surface area contributed by atoms with Crippen LogP contribution in [0.3, 0.4) is 0 Å². The Balaban J connectivity index is 4.88. The molecule has 0 saturated heterocycles. The molecule has 0 bridgehead atoms. The van der Waals surface area contributed by atoms with Crippen molar-refractivity contribution in [3.8, 4) is 0 Å². The average Bonchev–Trinajstić information content (AvgIpc) is 1.96. The largest absolute Gasteiger partial charge is 0.272 e. The fraction of sp³-hybridized carbons (Fsp3) is 0.111. The number of rotatable bonds is 0. The van der Waals surface area contributed by atoms with Crippen molar-refractivity contribution in [2.75, 3.05) is 0 Å². The second-order valence-electron chi connectivity index (χ2n) is 1.42.